The number of morpholine rings is 1. The number of likely N-dealkylation sites (tertiary alicyclic amines) is 1. The van der Waals surface area contributed by atoms with E-state index < -0.39 is 0 Å². The Morgan fingerprint density at radius 3 is 2.20 bits per heavy atom. The Morgan fingerprint density at radius 1 is 0.840 bits per heavy atom. The van der Waals surface area contributed by atoms with Crippen molar-refractivity contribution in [2.75, 3.05) is 45.9 Å². The number of piperidine rings is 1. The van der Waals surface area contributed by atoms with Gasteiger partial charge in [-0.2, -0.15) is 0 Å². The van der Waals surface area contributed by atoms with Gasteiger partial charge in [-0.05, 0) is 43.6 Å². The fourth-order valence-electron chi connectivity index (χ4n) is 3.27. The molecule has 140 valence electrons. The summed E-state index contributed by atoms with van der Waals surface area (Å²) in [7, 11) is 0. The summed E-state index contributed by atoms with van der Waals surface area (Å²) in [5, 5.41) is 0. The van der Waals surface area contributed by atoms with Crippen LogP contribution in [0.3, 0.4) is 0 Å². The van der Waals surface area contributed by atoms with E-state index in [4.69, 9.17) is 4.74 Å². The van der Waals surface area contributed by atoms with E-state index in [1.165, 1.54) is 37.9 Å². The van der Waals surface area contributed by atoms with Crippen LogP contribution in [0.4, 0.5) is 0 Å². The lowest BCUT2D eigenvalue weighted by Gasteiger charge is -2.26. The molecule has 0 bridgehead atoms. The standard InChI is InChI=1S/C20H28N2O.2ClH/c1-3-12-22(13-4-1)18-20-9-7-19(8-10-20)6-2-5-11-21-14-16-23-17-15-21;;/h7-10H,1,3-5,11-18H2;2*1H. The van der Waals surface area contributed by atoms with Crippen LogP contribution in [0.1, 0.15) is 36.8 Å². The van der Waals surface area contributed by atoms with Crippen LogP contribution in [0, 0.1) is 11.8 Å². The van der Waals surface area contributed by atoms with Gasteiger partial charge in [-0.1, -0.05) is 30.4 Å². The third kappa shape index (κ3) is 7.98. The maximum Gasteiger partial charge on any atom is 0.0594 e. The summed E-state index contributed by atoms with van der Waals surface area (Å²) >= 11 is 0. The molecule has 3 rings (SSSR count). The molecule has 0 unspecified atom stereocenters. The first kappa shape index (κ1) is 22.3. The Kier molecular flexibility index (Phi) is 11.2. The predicted octanol–water partition coefficient (Wildman–Crippen LogP) is 3.59. The molecule has 0 saturated carbocycles. The molecular weight excluding hydrogens is 355 g/mol. The van der Waals surface area contributed by atoms with E-state index in [0.29, 0.717) is 0 Å². The minimum atomic E-state index is 0. The van der Waals surface area contributed by atoms with Crippen LogP contribution in [-0.4, -0.2) is 55.7 Å². The van der Waals surface area contributed by atoms with Crippen LogP contribution in [0.2, 0.25) is 0 Å². The number of halogens is 2. The second kappa shape index (κ2) is 12.6. The van der Waals surface area contributed by atoms with E-state index in [9.17, 15) is 0 Å². The smallest absolute Gasteiger partial charge is 0.0594 e. The monoisotopic (exact) mass is 384 g/mol. The molecule has 2 aliphatic rings. The first-order valence-electron chi connectivity index (χ1n) is 9.00. The summed E-state index contributed by atoms with van der Waals surface area (Å²) in [6.07, 6.45) is 5.05. The molecule has 0 aliphatic carbocycles. The van der Waals surface area contributed by atoms with Crippen LogP contribution in [0.25, 0.3) is 0 Å². The first-order chi connectivity index (χ1) is 11.4. The highest BCUT2D eigenvalue weighted by Crippen LogP contribution is 2.13. The van der Waals surface area contributed by atoms with E-state index in [-0.39, 0.29) is 24.8 Å². The van der Waals surface area contributed by atoms with Gasteiger partial charge in [0.25, 0.3) is 0 Å². The van der Waals surface area contributed by atoms with E-state index in [0.717, 1.165) is 51.4 Å². The van der Waals surface area contributed by atoms with E-state index in [1.807, 2.05) is 0 Å². The quantitative estimate of drug-likeness (QED) is 0.737. The second-order valence-electron chi connectivity index (χ2n) is 6.54. The average Bonchev–Trinajstić information content (AvgIpc) is 2.62. The van der Waals surface area contributed by atoms with Gasteiger partial charge in [0.1, 0.15) is 0 Å². The van der Waals surface area contributed by atoms with Crippen LogP contribution < -0.4 is 0 Å². The Morgan fingerprint density at radius 2 is 1.52 bits per heavy atom. The number of benzene rings is 1. The summed E-state index contributed by atoms with van der Waals surface area (Å²) in [6.45, 7) is 8.48. The highest BCUT2D eigenvalue weighted by Gasteiger charge is 2.10. The van der Waals surface area contributed by atoms with Gasteiger partial charge in [-0.25, -0.2) is 0 Å². The molecule has 2 heterocycles. The van der Waals surface area contributed by atoms with Crippen molar-refractivity contribution in [1.82, 2.24) is 9.80 Å². The molecule has 3 nitrogen and oxygen atoms in total. The zero-order valence-corrected chi connectivity index (χ0v) is 16.5. The number of ether oxygens (including phenoxy) is 1. The lowest BCUT2D eigenvalue weighted by atomic mass is 10.1. The van der Waals surface area contributed by atoms with Gasteiger partial charge in [-0.3, -0.25) is 9.80 Å². The third-order valence-electron chi connectivity index (χ3n) is 4.70. The van der Waals surface area contributed by atoms with Crippen LogP contribution in [0.5, 0.6) is 0 Å². The summed E-state index contributed by atoms with van der Waals surface area (Å²) < 4.78 is 5.36. The summed E-state index contributed by atoms with van der Waals surface area (Å²) in [5.41, 5.74) is 2.54. The molecule has 0 spiro atoms. The van der Waals surface area contributed by atoms with Crippen molar-refractivity contribution < 1.29 is 4.74 Å². The molecule has 0 atom stereocenters. The lowest BCUT2D eigenvalue weighted by molar-refractivity contribution is 0.0390. The molecule has 25 heavy (non-hydrogen) atoms. The van der Waals surface area contributed by atoms with Crippen molar-refractivity contribution in [3.8, 4) is 11.8 Å². The van der Waals surface area contributed by atoms with Crippen LogP contribution in [0.15, 0.2) is 24.3 Å². The maximum absolute atomic E-state index is 5.36. The van der Waals surface area contributed by atoms with E-state index in [2.05, 4.69) is 45.9 Å². The fourth-order valence-corrected chi connectivity index (χ4v) is 3.27. The van der Waals surface area contributed by atoms with Gasteiger partial charge in [0, 0.05) is 38.2 Å². The van der Waals surface area contributed by atoms with Crippen LogP contribution >= 0.6 is 24.8 Å². The zero-order chi connectivity index (χ0) is 15.7. The SMILES string of the molecule is C(#Cc1ccc(CN2CCCCC2)cc1)CCN1CCOCC1.Cl.Cl. The molecule has 2 saturated heterocycles. The van der Waals surface area contributed by atoms with Gasteiger partial charge in [-0.15, -0.1) is 24.8 Å². The Balaban J connectivity index is 0.00000156. The molecule has 0 radical (unpaired) electrons. The summed E-state index contributed by atoms with van der Waals surface area (Å²) in [6, 6.07) is 8.81. The Hall–Kier alpha value is -0.760. The minimum absolute atomic E-state index is 0. The molecule has 5 heteroatoms. The van der Waals surface area contributed by atoms with E-state index >= 15 is 0 Å². The second-order valence-corrected chi connectivity index (χ2v) is 6.54. The molecular formula is C20H30Cl2N2O. The van der Waals surface area contributed by atoms with Gasteiger partial charge in [0.2, 0.25) is 0 Å². The first-order valence-corrected chi connectivity index (χ1v) is 9.00. The van der Waals surface area contributed by atoms with Crippen molar-refractivity contribution in [3.05, 3.63) is 35.4 Å². The summed E-state index contributed by atoms with van der Waals surface area (Å²) in [5.74, 6) is 6.60. The van der Waals surface area contributed by atoms with Crippen molar-refractivity contribution in [1.29, 1.82) is 0 Å². The number of nitrogens with zero attached hydrogens (tertiary/aromatic N) is 2. The van der Waals surface area contributed by atoms with Crippen molar-refractivity contribution >= 4 is 24.8 Å². The molecule has 0 aromatic heterocycles. The van der Waals surface area contributed by atoms with Gasteiger partial charge >= 0.3 is 0 Å². The summed E-state index contributed by atoms with van der Waals surface area (Å²) in [4.78, 5) is 4.99. The zero-order valence-electron chi connectivity index (χ0n) is 14.9. The van der Waals surface area contributed by atoms with Crippen molar-refractivity contribution in [2.24, 2.45) is 0 Å². The molecule has 1 aromatic carbocycles. The third-order valence-corrected chi connectivity index (χ3v) is 4.70. The molecule has 1 aromatic rings. The Labute approximate surface area is 164 Å². The lowest BCUT2D eigenvalue weighted by Crippen LogP contribution is -2.36. The number of rotatable bonds is 4. The van der Waals surface area contributed by atoms with Crippen molar-refractivity contribution in [2.45, 2.75) is 32.2 Å². The molecule has 0 amide bonds. The molecule has 2 fully saturated rings. The highest BCUT2D eigenvalue weighted by atomic mass is 35.5. The molecule has 0 N–H and O–H groups in total. The van der Waals surface area contributed by atoms with Crippen molar-refractivity contribution in [3.63, 3.8) is 0 Å². The minimum Gasteiger partial charge on any atom is -0.379 e. The normalized spacial score (nSPS) is 18.4. The number of hydrogen-bond acceptors (Lipinski definition) is 3. The van der Waals surface area contributed by atoms with Gasteiger partial charge < -0.3 is 4.74 Å². The van der Waals surface area contributed by atoms with Gasteiger partial charge in [0.15, 0.2) is 0 Å². The Bertz CT molecular complexity index is 527. The maximum atomic E-state index is 5.36. The van der Waals surface area contributed by atoms with Gasteiger partial charge in [0.05, 0.1) is 13.2 Å². The molecule has 2 aliphatic heterocycles. The predicted molar refractivity (Wildman–Crippen MR) is 109 cm³/mol. The van der Waals surface area contributed by atoms with Crippen LogP contribution in [-0.2, 0) is 11.3 Å². The number of hydrogen-bond donors (Lipinski definition) is 0. The fraction of sp³-hybridized carbons (Fsp3) is 0.600. The van der Waals surface area contributed by atoms with E-state index in [1.54, 1.807) is 0 Å². The average molecular weight is 385 g/mol. The highest BCUT2D eigenvalue weighted by molar-refractivity contribution is 5.85. The largest absolute Gasteiger partial charge is 0.379 e. The topological polar surface area (TPSA) is 15.7 Å².